The topological polar surface area (TPSA) is 12.9 Å². The molecule has 40 heavy (non-hydrogen) atoms. The van der Waals surface area contributed by atoms with E-state index in [1.54, 1.807) is 0 Å². The highest BCUT2D eigenvalue weighted by Crippen LogP contribution is 2.64. The lowest BCUT2D eigenvalue weighted by Crippen LogP contribution is -2.25. The third kappa shape index (κ3) is 2.69. The summed E-state index contributed by atoms with van der Waals surface area (Å²) in [6.07, 6.45) is 0. The monoisotopic (exact) mass is 571 g/mol. The first-order chi connectivity index (χ1) is 19.8. The summed E-state index contributed by atoms with van der Waals surface area (Å²) in [5, 5.41) is 3.66. The maximum atomic E-state index is 5.34. The predicted octanol–water partition coefficient (Wildman–Crippen LogP) is 10.2. The van der Waals surface area contributed by atoms with Crippen LogP contribution in [-0.2, 0) is 5.41 Å². The van der Waals surface area contributed by atoms with E-state index in [2.05, 4.69) is 149 Å². The summed E-state index contributed by atoms with van der Waals surface area (Å²) >= 11 is 3.63. The van der Waals surface area contributed by atoms with Crippen LogP contribution in [0.3, 0.4) is 0 Å². The Morgan fingerprint density at radius 1 is 0.475 bits per heavy atom. The summed E-state index contributed by atoms with van der Waals surface area (Å²) in [5.41, 5.74) is 13.5. The fourth-order valence-corrected chi connectivity index (χ4v) is 7.71. The number of hydrogen-bond donors (Lipinski definition) is 0. The van der Waals surface area contributed by atoms with E-state index >= 15 is 0 Å². The molecule has 7 aromatic rings. The van der Waals surface area contributed by atoms with Gasteiger partial charge < -0.3 is 0 Å². The molecule has 0 amide bonds. The molecule has 0 atom stereocenters. The molecule has 2 heteroatoms. The van der Waals surface area contributed by atoms with Crippen molar-refractivity contribution in [1.82, 2.24) is 4.98 Å². The van der Waals surface area contributed by atoms with Crippen LogP contribution in [0.25, 0.3) is 55.2 Å². The lowest BCUT2D eigenvalue weighted by molar-refractivity contribution is 0.794. The van der Waals surface area contributed by atoms with Crippen LogP contribution in [0.5, 0.6) is 0 Å². The van der Waals surface area contributed by atoms with Crippen molar-refractivity contribution >= 4 is 37.6 Å². The molecule has 6 aromatic carbocycles. The van der Waals surface area contributed by atoms with Gasteiger partial charge in [-0.25, -0.2) is 4.98 Å². The minimum absolute atomic E-state index is 0.365. The van der Waals surface area contributed by atoms with Gasteiger partial charge >= 0.3 is 0 Å². The van der Waals surface area contributed by atoms with Gasteiger partial charge in [-0.15, -0.1) is 0 Å². The van der Waals surface area contributed by atoms with Gasteiger partial charge in [0.2, 0.25) is 0 Å². The summed E-state index contributed by atoms with van der Waals surface area (Å²) in [4.78, 5) is 5.34. The van der Waals surface area contributed by atoms with Gasteiger partial charge in [0.25, 0.3) is 0 Å². The average molecular weight is 573 g/mol. The molecule has 0 bridgehead atoms. The van der Waals surface area contributed by atoms with Gasteiger partial charge in [0.15, 0.2) is 0 Å². The van der Waals surface area contributed by atoms with Crippen molar-refractivity contribution in [2.75, 3.05) is 0 Å². The van der Waals surface area contributed by atoms with Crippen LogP contribution in [0.2, 0.25) is 0 Å². The molecule has 0 fully saturated rings. The molecular formula is C38H22BrN. The highest BCUT2D eigenvalue weighted by atomic mass is 79.9. The Hall–Kier alpha value is -4.53. The van der Waals surface area contributed by atoms with Crippen LogP contribution < -0.4 is 0 Å². The Morgan fingerprint density at radius 2 is 1.05 bits per heavy atom. The van der Waals surface area contributed by atoms with E-state index in [1.807, 2.05) is 0 Å². The molecular weight excluding hydrogens is 550 g/mol. The van der Waals surface area contributed by atoms with Gasteiger partial charge in [0, 0.05) is 20.8 Å². The maximum absolute atomic E-state index is 5.34. The Morgan fingerprint density at radius 3 is 1.75 bits per heavy atom. The zero-order valence-corrected chi connectivity index (χ0v) is 23.1. The minimum Gasteiger partial charge on any atom is -0.247 e. The minimum atomic E-state index is -0.365. The van der Waals surface area contributed by atoms with Gasteiger partial charge in [0.05, 0.1) is 16.6 Å². The van der Waals surface area contributed by atoms with E-state index < -0.39 is 0 Å². The van der Waals surface area contributed by atoms with Gasteiger partial charge in [-0.1, -0.05) is 131 Å². The molecule has 0 aliphatic heterocycles. The molecule has 0 radical (unpaired) electrons. The van der Waals surface area contributed by atoms with Crippen molar-refractivity contribution in [2.24, 2.45) is 0 Å². The van der Waals surface area contributed by atoms with E-state index in [9.17, 15) is 0 Å². The predicted molar refractivity (Wildman–Crippen MR) is 169 cm³/mol. The maximum Gasteiger partial charge on any atom is 0.0794 e. The number of aromatic nitrogens is 1. The standard InChI is InChI=1S/C38H22BrN/c39-24-19-17-23(18-20-24)37-36-28(27-11-4-8-16-34(27)40-37)21-22-33-35(36)29-12-3-7-15-32(29)38(33)30-13-5-1-9-25(30)26-10-2-6-14-31(26)38/h1-22H. The van der Waals surface area contributed by atoms with Gasteiger partial charge in [-0.3, -0.25) is 0 Å². The summed E-state index contributed by atoms with van der Waals surface area (Å²) < 4.78 is 1.06. The van der Waals surface area contributed by atoms with E-state index in [4.69, 9.17) is 4.98 Å². The van der Waals surface area contributed by atoms with Crippen LogP contribution in [0.4, 0.5) is 0 Å². The quantitative estimate of drug-likeness (QED) is 0.178. The molecule has 0 saturated carbocycles. The number of nitrogens with zero attached hydrogens (tertiary/aromatic N) is 1. The molecule has 9 rings (SSSR count). The zero-order chi connectivity index (χ0) is 26.4. The van der Waals surface area contributed by atoms with Crippen molar-refractivity contribution in [1.29, 1.82) is 0 Å². The Kier molecular flexibility index (Phi) is 4.46. The smallest absolute Gasteiger partial charge is 0.0794 e. The summed E-state index contributed by atoms with van der Waals surface area (Å²) in [5.74, 6) is 0. The third-order valence-electron chi connectivity index (χ3n) is 8.94. The molecule has 2 aliphatic carbocycles. The van der Waals surface area contributed by atoms with Crippen LogP contribution in [-0.4, -0.2) is 4.98 Å². The van der Waals surface area contributed by atoms with E-state index in [0.717, 1.165) is 21.2 Å². The lowest BCUT2D eigenvalue weighted by atomic mass is 9.70. The number of benzene rings is 6. The van der Waals surface area contributed by atoms with Crippen LogP contribution in [0.15, 0.2) is 138 Å². The first-order valence-corrected chi connectivity index (χ1v) is 14.5. The molecule has 1 aromatic heterocycles. The second-order valence-electron chi connectivity index (χ2n) is 10.8. The van der Waals surface area contributed by atoms with Gasteiger partial charge in [0.1, 0.15) is 0 Å². The molecule has 186 valence electrons. The zero-order valence-electron chi connectivity index (χ0n) is 21.5. The summed E-state index contributed by atoms with van der Waals surface area (Å²) in [6.45, 7) is 0. The third-order valence-corrected chi connectivity index (χ3v) is 9.47. The normalized spacial score (nSPS) is 13.8. The number of hydrogen-bond acceptors (Lipinski definition) is 1. The number of para-hydroxylation sites is 1. The van der Waals surface area contributed by atoms with Crippen molar-refractivity contribution in [3.8, 4) is 33.5 Å². The average Bonchev–Trinajstić information content (AvgIpc) is 3.48. The Bertz CT molecular complexity index is 2130. The molecule has 2 aliphatic rings. The van der Waals surface area contributed by atoms with Gasteiger partial charge in [-0.05, 0) is 68.1 Å². The van der Waals surface area contributed by atoms with Crippen molar-refractivity contribution in [2.45, 2.75) is 5.41 Å². The van der Waals surface area contributed by atoms with Crippen molar-refractivity contribution < 1.29 is 0 Å². The van der Waals surface area contributed by atoms with Crippen LogP contribution in [0.1, 0.15) is 22.3 Å². The van der Waals surface area contributed by atoms with E-state index in [-0.39, 0.29) is 5.41 Å². The molecule has 1 nitrogen and oxygen atoms in total. The first-order valence-electron chi connectivity index (χ1n) is 13.7. The fourth-order valence-electron chi connectivity index (χ4n) is 7.45. The van der Waals surface area contributed by atoms with Crippen LogP contribution >= 0.6 is 15.9 Å². The van der Waals surface area contributed by atoms with Crippen LogP contribution in [0, 0.1) is 0 Å². The summed E-state index contributed by atoms with van der Waals surface area (Å²) in [6, 6.07) is 48.8. The Balaban J connectivity index is 1.52. The van der Waals surface area contributed by atoms with Gasteiger partial charge in [-0.2, -0.15) is 0 Å². The van der Waals surface area contributed by atoms with Crippen molar-refractivity contribution in [3.63, 3.8) is 0 Å². The number of fused-ring (bicyclic) bond motifs is 14. The number of pyridine rings is 1. The summed E-state index contributed by atoms with van der Waals surface area (Å²) in [7, 11) is 0. The second kappa shape index (κ2) is 8.00. The number of rotatable bonds is 1. The fraction of sp³-hybridized carbons (Fsp3) is 0.0263. The lowest BCUT2D eigenvalue weighted by Gasteiger charge is -2.30. The SMILES string of the molecule is Brc1ccc(-c2nc3ccccc3c3ccc4c(c23)-c2ccccc2C42c3ccccc3-c3ccccc32)cc1. The van der Waals surface area contributed by atoms with E-state index in [0.29, 0.717) is 0 Å². The molecule has 1 heterocycles. The largest absolute Gasteiger partial charge is 0.247 e. The highest BCUT2D eigenvalue weighted by molar-refractivity contribution is 9.10. The molecule has 1 spiro atoms. The Labute approximate surface area is 240 Å². The molecule has 0 saturated heterocycles. The highest BCUT2D eigenvalue weighted by Gasteiger charge is 2.52. The van der Waals surface area contributed by atoms with Crippen molar-refractivity contribution in [3.05, 3.63) is 160 Å². The number of halogens is 1. The molecule has 0 N–H and O–H groups in total. The second-order valence-corrected chi connectivity index (χ2v) is 11.7. The first kappa shape index (κ1) is 22.3. The van der Waals surface area contributed by atoms with E-state index in [1.165, 1.54) is 60.7 Å². The molecule has 0 unspecified atom stereocenters.